The van der Waals surface area contributed by atoms with Crippen molar-refractivity contribution in [2.24, 2.45) is 5.92 Å². The molecule has 12 nitrogen and oxygen atoms in total. The van der Waals surface area contributed by atoms with Gasteiger partial charge in [0.25, 0.3) is 0 Å². The second-order valence-corrected chi connectivity index (χ2v) is 11.7. The summed E-state index contributed by atoms with van der Waals surface area (Å²) in [6.07, 6.45) is 6.02. The molecule has 0 aliphatic rings. The summed E-state index contributed by atoms with van der Waals surface area (Å²) in [5.41, 5.74) is 3.04. The van der Waals surface area contributed by atoms with Crippen molar-refractivity contribution in [1.82, 2.24) is 30.9 Å². The summed E-state index contributed by atoms with van der Waals surface area (Å²) in [5.74, 6) is -0.712. The molecule has 252 valence electrons. The third kappa shape index (κ3) is 12.1. The van der Waals surface area contributed by atoms with Crippen LogP contribution in [0.15, 0.2) is 104 Å². The minimum Gasteiger partial charge on any atom is -0.445 e. The van der Waals surface area contributed by atoms with Gasteiger partial charge in [0.05, 0.1) is 24.0 Å². The Bertz CT molecular complexity index is 1550. The zero-order chi connectivity index (χ0) is 34.1. The highest BCUT2D eigenvalue weighted by molar-refractivity contribution is 5.86. The topological polar surface area (TPSA) is 165 Å². The molecule has 4 atom stereocenters. The van der Waals surface area contributed by atoms with Crippen LogP contribution in [0.1, 0.15) is 42.7 Å². The molecule has 2 aromatic heterocycles. The number of aliphatic hydroxyl groups excluding tert-OH is 1. The number of aromatic nitrogens is 3. The Morgan fingerprint density at radius 1 is 0.708 bits per heavy atom. The van der Waals surface area contributed by atoms with E-state index < -0.39 is 42.3 Å². The smallest absolute Gasteiger partial charge is 0.408 e. The molecule has 0 saturated carbocycles. The van der Waals surface area contributed by atoms with Crippen LogP contribution in [0, 0.1) is 5.92 Å². The number of pyridine rings is 1. The van der Waals surface area contributed by atoms with Crippen molar-refractivity contribution in [1.29, 1.82) is 0 Å². The lowest BCUT2D eigenvalue weighted by Crippen LogP contribution is -2.54. The lowest BCUT2D eigenvalue weighted by Gasteiger charge is -2.30. The minimum absolute atomic E-state index is 0.0191. The SMILES string of the molecule is CC(C)C(NC(=O)OCc1cnccn1)C(=O)N[C@@H](Cc1ccccc1)C[C@H](O)[C@H](Cc1ccccc1)NC(=O)OCc1cccnc1. The van der Waals surface area contributed by atoms with Crippen LogP contribution in [-0.4, -0.2) is 62.4 Å². The van der Waals surface area contributed by atoms with Crippen LogP contribution in [-0.2, 0) is 40.3 Å². The van der Waals surface area contributed by atoms with Gasteiger partial charge in [0.15, 0.2) is 0 Å². The third-order valence-electron chi connectivity index (χ3n) is 7.55. The molecule has 4 rings (SSSR count). The fraction of sp³-hybridized carbons (Fsp3) is 0.333. The number of hydrogen-bond donors (Lipinski definition) is 4. The molecule has 0 aliphatic heterocycles. The zero-order valence-corrected chi connectivity index (χ0v) is 27.1. The number of nitrogens with one attached hydrogen (secondary N) is 3. The second kappa shape index (κ2) is 18.7. The number of carbonyl (C=O) groups excluding carboxylic acids is 3. The lowest BCUT2D eigenvalue weighted by molar-refractivity contribution is -0.125. The average Bonchev–Trinajstić information content (AvgIpc) is 3.10. The maximum atomic E-state index is 13.7. The average molecular weight is 655 g/mol. The maximum Gasteiger partial charge on any atom is 0.408 e. The Kier molecular flexibility index (Phi) is 13.8. The maximum absolute atomic E-state index is 13.7. The molecule has 0 bridgehead atoms. The molecule has 48 heavy (non-hydrogen) atoms. The molecule has 1 unspecified atom stereocenters. The van der Waals surface area contributed by atoms with Crippen molar-refractivity contribution in [3.05, 3.63) is 126 Å². The molecule has 2 heterocycles. The molecule has 4 N–H and O–H groups in total. The van der Waals surface area contributed by atoms with Crippen molar-refractivity contribution in [2.45, 2.75) is 70.6 Å². The second-order valence-electron chi connectivity index (χ2n) is 11.7. The van der Waals surface area contributed by atoms with E-state index in [0.717, 1.165) is 16.7 Å². The van der Waals surface area contributed by atoms with Crippen molar-refractivity contribution < 1.29 is 29.0 Å². The molecular weight excluding hydrogens is 612 g/mol. The predicted molar refractivity (Wildman–Crippen MR) is 178 cm³/mol. The first-order chi connectivity index (χ1) is 23.3. The zero-order valence-electron chi connectivity index (χ0n) is 27.1. The van der Waals surface area contributed by atoms with Gasteiger partial charge in [-0.15, -0.1) is 0 Å². The number of benzene rings is 2. The molecule has 0 spiro atoms. The highest BCUT2D eigenvalue weighted by Gasteiger charge is 2.30. The van der Waals surface area contributed by atoms with E-state index in [4.69, 9.17) is 9.47 Å². The quantitative estimate of drug-likeness (QED) is 0.139. The molecular formula is C36H42N6O6. The number of alkyl carbamates (subject to hydrolysis) is 2. The Morgan fingerprint density at radius 3 is 1.96 bits per heavy atom. The molecule has 0 saturated heterocycles. The fourth-order valence-electron chi connectivity index (χ4n) is 5.06. The normalized spacial score (nSPS) is 13.4. The molecule has 0 aliphatic carbocycles. The summed E-state index contributed by atoms with van der Waals surface area (Å²) in [5, 5.41) is 20.1. The molecule has 2 aromatic carbocycles. The number of ether oxygens (including phenoxy) is 2. The minimum atomic E-state index is -1.08. The van der Waals surface area contributed by atoms with Crippen LogP contribution in [0.3, 0.4) is 0 Å². The Hall–Kier alpha value is -5.36. The number of hydrogen-bond acceptors (Lipinski definition) is 9. The largest absolute Gasteiger partial charge is 0.445 e. The van der Waals surface area contributed by atoms with E-state index in [-0.39, 0.29) is 25.6 Å². The number of aliphatic hydroxyl groups is 1. The number of nitrogens with zero attached hydrogens (tertiary/aromatic N) is 3. The van der Waals surface area contributed by atoms with Crippen molar-refractivity contribution >= 4 is 18.1 Å². The molecule has 0 radical (unpaired) electrons. The fourth-order valence-corrected chi connectivity index (χ4v) is 5.06. The third-order valence-corrected chi connectivity index (χ3v) is 7.55. The van der Waals surface area contributed by atoms with Gasteiger partial charge in [-0.2, -0.15) is 0 Å². The Labute approximate surface area is 280 Å². The van der Waals surface area contributed by atoms with Gasteiger partial charge in [0.2, 0.25) is 5.91 Å². The summed E-state index contributed by atoms with van der Waals surface area (Å²) in [6, 6.07) is 20.4. The van der Waals surface area contributed by atoms with E-state index in [1.54, 1.807) is 24.5 Å². The van der Waals surface area contributed by atoms with Gasteiger partial charge in [0, 0.05) is 36.4 Å². The summed E-state index contributed by atoms with van der Waals surface area (Å²) in [6.45, 7) is 3.54. The summed E-state index contributed by atoms with van der Waals surface area (Å²) >= 11 is 0. The highest BCUT2D eigenvalue weighted by Crippen LogP contribution is 2.15. The van der Waals surface area contributed by atoms with Crippen molar-refractivity contribution in [2.75, 3.05) is 0 Å². The standard InChI is InChI=1S/C36H42N6O6/c1-25(2)33(42-36(46)48-24-30-22-38-16-17-39-30)34(44)40-29(18-26-10-5-3-6-11-26)20-32(43)31(19-27-12-7-4-8-13-27)41-35(45)47-23-28-14-9-15-37-21-28/h3-17,21-22,25,29,31-33,43H,18-20,23-24H2,1-2H3,(H,40,44)(H,41,45)(H,42,46)/t29-,31-,32-,33?/m0/s1. The van der Waals surface area contributed by atoms with Crippen LogP contribution in [0.5, 0.6) is 0 Å². The summed E-state index contributed by atoms with van der Waals surface area (Å²) < 4.78 is 10.7. The monoisotopic (exact) mass is 654 g/mol. The first-order valence-corrected chi connectivity index (χ1v) is 15.8. The van der Waals surface area contributed by atoms with Crippen molar-refractivity contribution in [3.63, 3.8) is 0 Å². The highest BCUT2D eigenvalue weighted by atomic mass is 16.6. The van der Waals surface area contributed by atoms with E-state index in [1.807, 2.05) is 74.5 Å². The van der Waals surface area contributed by atoms with Crippen LogP contribution in [0.4, 0.5) is 9.59 Å². The van der Waals surface area contributed by atoms with E-state index in [1.165, 1.54) is 18.6 Å². The van der Waals surface area contributed by atoms with Crippen LogP contribution in [0.25, 0.3) is 0 Å². The number of amides is 3. The Balaban J connectivity index is 1.46. The first kappa shape index (κ1) is 35.5. The van der Waals surface area contributed by atoms with Gasteiger partial charge >= 0.3 is 12.2 Å². The van der Waals surface area contributed by atoms with Gasteiger partial charge in [0.1, 0.15) is 19.3 Å². The molecule has 4 aromatic rings. The van der Waals surface area contributed by atoms with Crippen LogP contribution < -0.4 is 16.0 Å². The van der Waals surface area contributed by atoms with E-state index >= 15 is 0 Å². The van der Waals surface area contributed by atoms with Crippen LogP contribution in [0.2, 0.25) is 0 Å². The molecule has 3 amide bonds. The van der Waals surface area contributed by atoms with Gasteiger partial charge in [-0.3, -0.25) is 19.7 Å². The Morgan fingerprint density at radius 2 is 1.33 bits per heavy atom. The van der Waals surface area contributed by atoms with Crippen LogP contribution >= 0.6 is 0 Å². The van der Waals surface area contributed by atoms with E-state index in [0.29, 0.717) is 18.5 Å². The first-order valence-electron chi connectivity index (χ1n) is 15.8. The van der Waals surface area contributed by atoms with Gasteiger partial charge in [-0.05, 0) is 42.4 Å². The molecule has 0 fully saturated rings. The number of carbonyl (C=O) groups is 3. The number of rotatable bonds is 16. The predicted octanol–water partition coefficient (Wildman–Crippen LogP) is 4.14. The van der Waals surface area contributed by atoms with Gasteiger partial charge in [-0.1, -0.05) is 80.6 Å². The van der Waals surface area contributed by atoms with Gasteiger partial charge in [-0.25, -0.2) is 9.59 Å². The van der Waals surface area contributed by atoms with Gasteiger partial charge < -0.3 is 30.5 Å². The lowest BCUT2D eigenvalue weighted by atomic mass is 9.93. The summed E-state index contributed by atoms with van der Waals surface area (Å²) in [7, 11) is 0. The summed E-state index contributed by atoms with van der Waals surface area (Å²) in [4.78, 5) is 51.3. The van der Waals surface area contributed by atoms with Crippen molar-refractivity contribution in [3.8, 4) is 0 Å². The van der Waals surface area contributed by atoms with E-state index in [9.17, 15) is 19.5 Å². The van der Waals surface area contributed by atoms with E-state index in [2.05, 4.69) is 30.9 Å². The molecule has 12 heteroatoms.